The Labute approximate surface area is 94.2 Å². The Kier molecular flexibility index (Phi) is 4.64. The SMILES string of the molecule is COCC(CO)Nc1c(F)c(F)nc(F)c1F. The first-order chi connectivity index (χ1) is 8.01. The van der Waals surface area contributed by atoms with Crippen molar-refractivity contribution in [1.29, 1.82) is 0 Å². The average molecular weight is 254 g/mol. The molecule has 0 fully saturated rings. The summed E-state index contributed by atoms with van der Waals surface area (Å²) in [4.78, 5) is 2.40. The minimum absolute atomic E-state index is 0.0963. The van der Waals surface area contributed by atoms with Gasteiger partial charge in [-0.3, -0.25) is 0 Å². The van der Waals surface area contributed by atoms with Crippen LogP contribution in [0, 0.1) is 23.5 Å². The smallest absolute Gasteiger partial charge is 0.253 e. The second-order valence-corrected chi connectivity index (χ2v) is 3.18. The van der Waals surface area contributed by atoms with Crippen LogP contribution in [-0.2, 0) is 4.74 Å². The van der Waals surface area contributed by atoms with Crippen LogP contribution in [0.25, 0.3) is 0 Å². The highest BCUT2D eigenvalue weighted by Crippen LogP contribution is 2.22. The number of halogens is 4. The van der Waals surface area contributed by atoms with Crippen molar-refractivity contribution in [3.8, 4) is 0 Å². The highest BCUT2D eigenvalue weighted by molar-refractivity contribution is 5.46. The number of hydrogen-bond acceptors (Lipinski definition) is 4. The van der Waals surface area contributed by atoms with Crippen molar-refractivity contribution < 1.29 is 27.4 Å². The van der Waals surface area contributed by atoms with Crippen molar-refractivity contribution in [1.82, 2.24) is 4.98 Å². The molecule has 0 aliphatic rings. The summed E-state index contributed by atoms with van der Waals surface area (Å²) in [5.41, 5.74) is -1.02. The second kappa shape index (κ2) is 5.78. The zero-order valence-corrected chi connectivity index (χ0v) is 8.81. The largest absolute Gasteiger partial charge is 0.394 e. The normalized spacial score (nSPS) is 12.6. The molecular weight excluding hydrogens is 244 g/mol. The number of aliphatic hydroxyl groups excluding tert-OH is 1. The van der Waals surface area contributed by atoms with E-state index in [1.807, 2.05) is 0 Å². The molecular formula is C9H10F4N2O2. The van der Waals surface area contributed by atoms with E-state index < -0.39 is 41.9 Å². The Morgan fingerprint density at radius 2 is 1.76 bits per heavy atom. The fourth-order valence-electron chi connectivity index (χ4n) is 1.16. The third-order valence-corrected chi connectivity index (χ3v) is 1.93. The van der Waals surface area contributed by atoms with E-state index in [0.29, 0.717) is 0 Å². The van der Waals surface area contributed by atoms with Crippen molar-refractivity contribution in [3.05, 3.63) is 23.5 Å². The molecule has 1 heterocycles. The summed E-state index contributed by atoms with van der Waals surface area (Å²) in [6.07, 6.45) is 0. The molecule has 1 aromatic rings. The van der Waals surface area contributed by atoms with Crippen LogP contribution in [0.4, 0.5) is 23.2 Å². The summed E-state index contributed by atoms with van der Waals surface area (Å²) < 4.78 is 56.4. The van der Waals surface area contributed by atoms with Gasteiger partial charge < -0.3 is 15.2 Å². The molecule has 0 amide bonds. The molecule has 0 spiro atoms. The molecule has 17 heavy (non-hydrogen) atoms. The number of ether oxygens (including phenoxy) is 1. The van der Waals surface area contributed by atoms with Gasteiger partial charge in [-0.05, 0) is 0 Å². The zero-order chi connectivity index (χ0) is 13.0. The minimum atomic E-state index is -1.76. The van der Waals surface area contributed by atoms with Crippen LogP contribution >= 0.6 is 0 Å². The van der Waals surface area contributed by atoms with Gasteiger partial charge in [0, 0.05) is 7.11 Å². The van der Waals surface area contributed by atoms with Crippen LogP contribution < -0.4 is 5.32 Å². The number of aliphatic hydroxyl groups is 1. The van der Waals surface area contributed by atoms with Crippen LogP contribution in [0.2, 0.25) is 0 Å². The maximum Gasteiger partial charge on any atom is 0.253 e. The van der Waals surface area contributed by atoms with E-state index in [1.165, 1.54) is 7.11 Å². The molecule has 0 saturated carbocycles. The number of aromatic nitrogens is 1. The van der Waals surface area contributed by atoms with Gasteiger partial charge in [0.15, 0.2) is 0 Å². The molecule has 2 N–H and O–H groups in total. The number of anilines is 1. The molecule has 0 radical (unpaired) electrons. The van der Waals surface area contributed by atoms with Gasteiger partial charge in [-0.2, -0.15) is 22.5 Å². The standard InChI is InChI=1S/C9H10F4N2O2/c1-17-3-4(2-16)14-7-5(10)8(12)15-9(13)6(7)11/h4,16H,2-3H2,1H3,(H,14,15). The first kappa shape index (κ1) is 13.7. The first-order valence-electron chi connectivity index (χ1n) is 4.57. The third-order valence-electron chi connectivity index (χ3n) is 1.93. The predicted octanol–water partition coefficient (Wildman–Crippen LogP) is 1.06. The third kappa shape index (κ3) is 3.04. The van der Waals surface area contributed by atoms with Gasteiger partial charge in [0.25, 0.3) is 11.9 Å². The van der Waals surface area contributed by atoms with Crippen LogP contribution in [0.15, 0.2) is 0 Å². The van der Waals surface area contributed by atoms with Crippen molar-refractivity contribution in [2.45, 2.75) is 6.04 Å². The number of nitrogens with one attached hydrogen (secondary N) is 1. The van der Waals surface area contributed by atoms with Crippen molar-refractivity contribution in [3.63, 3.8) is 0 Å². The molecule has 0 bridgehead atoms. The highest BCUT2D eigenvalue weighted by Gasteiger charge is 2.22. The maximum atomic E-state index is 13.2. The van der Waals surface area contributed by atoms with Crippen molar-refractivity contribution in [2.75, 3.05) is 25.6 Å². The lowest BCUT2D eigenvalue weighted by molar-refractivity contribution is 0.153. The average Bonchev–Trinajstić information content (AvgIpc) is 2.30. The zero-order valence-electron chi connectivity index (χ0n) is 8.81. The van der Waals surface area contributed by atoms with Crippen molar-refractivity contribution in [2.24, 2.45) is 0 Å². The first-order valence-corrected chi connectivity index (χ1v) is 4.57. The van der Waals surface area contributed by atoms with Crippen molar-refractivity contribution >= 4 is 5.69 Å². The van der Waals surface area contributed by atoms with E-state index in [4.69, 9.17) is 5.11 Å². The number of methoxy groups -OCH3 is 1. The molecule has 96 valence electrons. The monoisotopic (exact) mass is 254 g/mol. The summed E-state index contributed by atoms with van der Waals surface area (Å²) in [6, 6.07) is -0.898. The Morgan fingerprint density at radius 1 is 1.24 bits per heavy atom. The summed E-state index contributed by atoms with van der Waals surface area (Å²) in [5, 5.41) is 11.0. The second-order valence-electron chi connectivity index (χ2n) is 3.18. The van der Waals surface area contributed by atoms with Gasteiger partial charge in [-0.1, -0.05) is 0 Å². The molecule has 1 atom stereocenters. The fourth-order valence-corrected chi connectivity index (χ4v) is 1.16. The molecule has 0 aliphatic carbocycles. The molecule has 1 aromatic heterocycles. The number of hydrogen-bond donors (Lipinski definition) is 2. The van der Waals surface area contributed by atoms with E-state index in [9.17, 15) is 17.6 Å². The van der Waals surface area contributed by atoms with Gasteiger partial charge in [0.05, 0.1) is 19.3 Å². The van der Waals surface area contributed by atoms with Crippen LogP contribution in [0.5, 0.6) is 0 Å². The van der Waals surface area contributed by atoms with Gasteiger partial charge in [-0.15, -0.1) is 0 Å². The van der Waals surface area contributed by atoms with E-state index >= 15 is 0 Å². The predicted molar refractivity (Wildman–Crippen MR) is 50.4 cm³/mol. The van der Waals surface area contributed by atoms with E-state index in [0.717, 1.165) is 0 Å². The van der Waals surface area contributed by atoms with Crippen LogP contribution in [0.3, 0.4) is 0 Å². The summed E-state index contributed by atoms with van der Waals surface area (Å²) in [6.45, 7) is -0.626. The Bertz CT molecular complexity index is 377. The van der Waals surface area contributed by atoms with E-state index in [-0.39, 0.29) is 6.61 Å². The molecule has 1 unspecified atom stereocenters. The molecule has 0 aliphatic heterocycles. The van der Waals surface area contributed by atoms with Crippen LogP contribution in [-0.4, -0.2) is 36.5 Å². The number of rotatable bonds is 5. The van der Waals surface area contributed by atoms with Gasteiger partial charge in [0.2, 0.25) is 11.6 Å². The summed E-state index contributed by atoms with van der Waals surface area (Å²) in [7, 11) is 1.30. The number of nitrogens with zero attached hydrogens (tertiary/aromatic N) is 1. The minimum Gasteiger partial charge on any atom is -0.394 e. The Balaban J connectivity index is 3.04. The lowest BCUT2D eigenvalue weighted by Gasteiger charge is -2.17. The quantitative estimate of drug-likeness (QED) is 0.609. The van der Waals surface area contributed by atoms with Crippen LogP contribution in [0.1, 0.15) is 0 Å². The lowest BCUT2D eigenvalue weighted by Crippen LogP contribution is -2.30. The number of pyridine rings is 1. The van der Waals surface area contributed by atoms with Gasteiger partial charge in [-0.25, -0.2) is 0 Å². The topological polar surface area (TPSA) is 54.4 Å². The van der Waals surface area contributed by atoms with Gasteiger partial charge >= 0.3 is 0 Å². The molecule has 0 aromatic carbocycles. The Hall–Kier alpha value is -1.41. The Morgan fingerprint density at radius 3 is 2.18 bits per heavy atom. The molecule has 0 saturated heterocycles. The highest BCUT2D eigenvalue weighted by atomic mass is 19.2. The fraction of sp³-hybridized carbons (Fsp3) is 0.444. The summed E-state index contributed by atoms with van der Waals surface area (Å²) in [5.74, 6) is -6.84. The molecule has 4 nitrogen and oxygen atoms in total. The van der Waals surface area contributed by atoms with E-state index in [2.05, 4.69) is 15.0 Å². The van der Waals surface area contributed by atoms with Gasteiger partial charge in [0.1, 0.15) is 5.69 Å². The molecule has 1 rings (SSSR count). The summed E-state index contributed by atoms with van der Waals surface area (Å²) >= 11 is 0. The molecule has 8 heteroatoms. The van der Waals surface area contributed by atoms with E-state index in [1.54, 1.807) is 0 Å². The maximum absolute atomic E-state index is 13.2. The lowest BCUT2D eigenvalue weighted by atomic mass is 10.3.